The van der Waals surface area contributed by atoms with Crippen LogP contribution in [0.3, 0.4) is 0 Å². The monoisotopic (exact) mass is 274 g/mol. The van der Waals surface area contributed by atoms with Gasteiger partial charge in [0.15, 0.2) is 0 Å². The molecule has 3 nitrogen and oxygen atoms in total. The quantitative estimate of drug-likeness (QED) is 0.897. The average Bonchev–Trinajstić information content (AvgIpc) is 3.14. The number of alkyl halides is 3. The molecule has 0 aromatic heterocycles. The number of hydrogen-bond donors (Lipinski definition) is 1. The van der Waals surface area contributed by atoms with Crippen molar-refractivity contribution >= 4 is 0 Å². The SMILES string of the molecule is CN(C1CC1)C(CN)c1ccc(OC(F)(F)F)cc1. The number of halogens is 3. The molecule has 1 fully saturated rings. The first-order valence-corrected chi connectivity index (χ1v) is 6.18. The van der Waals surface area contributed by atoms with Crippen LogP contribution < -0.4 is 10.5 Å². The number of nitrogens with zero attached hydrogens (tertiary/aromatic N) is 1. The van der Waals surface area contributed by atoms with Crippen LogP contribution >= 0.6 is 0 Å². The Morgan fingerprint density at radius 1 is 1.32 bits per heavy atom. The fourth-order valence-electron chi connectivity index (χ4n) is 2.17. The normalized spacial score (nSPS) is 17.6. The molecular weight excluding hydrogens is 257 g/mol. The van der Waals surface area contributed by atoms with Crippen molar-refractivity contribution in [1.29, 1.82) is 0 Å². The Hall–Kier alpha value is -1.27. The lowest BCUT2D eigenvalue weighted by Crippen LogP contribution is -2.32. The molecular formula is C13H17F3N2O. The van der Waals surface area contributed by atoms with Gasteiger partial charge in [-0.2, -0.15) is 0 Å². The van der Waals surface area contributed by atoms with Crippen LogP contribution in [-0.2, 0) is 0 Å². The van der Waals surface area contributed by atoms with Crippen LogP contribution in [0.1, 0.15) is 24.4 Å². The van der Waals surface area contributed by atoms with Crippen LogP contribution in [0.15, 0.2) is 24.3 Å². The minimum atomic E-state index is -4.65. The maximum absolute atomic E-state index is 12.1. The molecule has 6 heteroatoms. The minimum Gasteiger partial charge on any atom is -0.406 e. The van der Waals surface area contributed by atoms with Crippen molar-refractivity contribution in [2.45, 2.75) is 31.3 Å². The standard InChI is InChI=1S/C13H17F3N2O/c1-18(10-4-5-10)12(8-17)9-2-6-11(7-3-9)19-13(14,15)16/h2-3,6-7,10,12H,4-5,8,17H2,1H3. The molecule has 0 heterocycles. The smallest absolute Gasteiger partial charge is 0.406 e. The maximum Gasteiger partial charge on any atom is 0.573 e. The first-order chi connectivity index (χ1) is 8.90. The van der Waals surface area contributed by atoms with E-state index in [2.05, 4.69) is 9.64 Å². The summed E-state index contributed by atoms with van der Waals surface area (Å²) in [6, 6.07) is 6.50. The lowest BCUT2D eigenvalue weighted by atomic mass is 10.1. The Bertz CT molecular complexity index is 415. The zero-order valence-electron chi connectivity index (χ0n) is 10.7. The van der Waals surface area contributed by atoms with Gasteiger partial charge < -0.3 is 10.5 Å². The predicted molar refractivity (Wildman–Crippen MR) is 65.7 cm³/mol. The molecule has 2 rings (SSSR count). The molecule has 2 N–H and O–H groups in total. The summed E-state index contributed by atoms with van der Waals surface area (Å²) in [4.78, 5) is 2.18. The molecule has 1 unspecified atom stereocenters. The summed E-state index contributed by atoms with van der Waals surface area (Å²) in [5.74, 6) is -0.207. The molecule has 0 aliphatic heterocycles. The van der Waals surface area contributed by atoms with Crippen LogP contribution in [-0.4, -0.2) is 30.9 Å². The Labute approximate surface area is 110 Å². The van der Waals surface area contributed by atoms with E-state index in [0.717, 1.165) is 18.4 Å². The van der Waals surface area contributed by atoms with Gasteiger partial charge in [0, 0.05) is 18.6 Å². The van der Waals surface area contributed by atoms with Gasteiger partial charge in [-0.3, -0.25) is 4.90 Å². The van der Waals surface area contributed by atoms with E-state index in [1.807, 2.05) is 7.05 Å². The summed E-state index contributed by atoms with van der Waals surface area (Å²) >= 11 is 0. The van der Waals surface area contributed by atoms with Crippen molar-refractivity contribution in [2.24, 2.45) is 5.73 Å². The topological polar surface area (TPSA) is 38.5 Å². The zero-order chi connectivity index (χ0) is 14.0. The van der Waals surface area contributed by atoms with Crippen molar-refractivity contribution in [3.05, 3.63) is 29.8 Å². The van der Waals surface area contributed by atoms with E-state index in [0.29, 0.717) is 12.6 Å². The molecule has 0 saturated heterocycles. The minimum absolute atomic E-state index is 0.0347. The summed E-state index contributed by atoms with van der Waals surface area (Å²) in [6.45, 7) is 0.437. The maximum atomic E-state index is 12.1. The number of nitrogens with two attached hydrogens (primary N) is 1. The Kier molecular flexibility index (Phi) is 4.01. The van der Waals surface area contributed by atoms with Crippen LogP contribution in [0.4, 0.5) is 13.2 Å². The highest BCUT2D eigenvalue weighted by molar-refractivity contribution is 5.29. The van der Waals surface area contributed by atoms with Gasteiger partial charge in [0.1, 0.15) is 5.75 Å². The van der Waals surface area contributed by atoms with Gasteiger partial charge in [0.25, 0.3) is 0 Å². The molecule has 1 aromatic rings. The number of benzene rings is 1. The van der Waals surface area contributed by atoms with E-state index in [1.54, 1.807) is 12.1 Å². The summed E-state index contributed by atoms with van der Waals surface area (Å²) in [5.41, 5.74) is 6.67. The summed E-state index contributed by atoms with van der Waals surface area (Å²) < 4.78 is 40.0. The second kappa shape index (κ2) is 5.38. The van der Waals surface area contributed by atoms with Crippen LogP contribution in [0, 0.1) is 0 Å². The van der Waals surface area contributed by atoms with Gasteiger partial charge in [-0.15, -0.1) is 13.2 Å². The molecule has 106 valence electrons. The summed E-state index contributed by atoms with van der Waals surface area (Å²) in [6.07, 6.45) is -2.34. The highest BCUT2D eigenvalue weighted by Crippen LogP contribution is 2.33. The van der Waals surface area contributed by atoms with E-state index in [-0.39, 0.29) is 11.8 Å². The predicted octanol–water partition coefficient (Wildman–Crippen LogP) is 2.68. The molecule has 1 aromatic carbocycles. The Balaban J connectivity index is 2.07. The molecule has 0 radical (unpaired) electrons. The van der Waals surface area contributed by atoms with E-state index in [1.165, 1.54) is 12.1 Å². The van der Waals surface area contributed by atoms with Gasteiger partial charge in [-0.1, -0.05) is 12.1 Å². The van der Waals surface area contributed by atoms with Crippen molar-refractivity contribution < 1.29 is 17.9 Å². The van der Waals surface area contributed by atoms with Crippen molar-refractivity contribution in [2.75, 3.05) is 13.6 Å². The van der Waals surface area contributed by atoms with Crippen LogP contribution in [0.2, 0.25) is 0 Å². The van der Waals surface area contributed by atoms with Gasteiger partial charge in [0.2, 0.25) is 0 Å². The molecule has 1 atom stereocenters. The molecule has 0 amide bonds. The molecule has 1 aliphatic carbocycles. The number of likely N-dealkylation sites (N-methyl/N-ethyl adjacent to an activating group) is 1. The van der Waals surface area contributed by atoms with Crippen LogP contribution in [0.25, 0.3) is 0 Å². The Morgan fingerprint density at radius 3 is 2.32 bits per heavy atom. The van der Waals surface area contributed by atoms with Gasteiger partial charge >= 0.3 is 6.36 Å². The Morgan fingerprint density at radius 2 is 1.89 bits per heavy atom. The van der Waals surface area contributed by atoms with E-state index < -0.39 is 6.36 Å². The van der Waals surface area contributed by atoms with Gasteiger partial charge in [0.05, 0.1) is 0 Å². The second-order valence-corrected chi connectivity index (χ2v) is 4.76. The molecule has 0 spiro atoms. The molecule has 19 heavy (non-hydrogen) atoms. The average molecular weight is 274 g/mol. The molecule has 0 bridgehead atoms. The fourth-order valence-corrected chi connectivity index (χ4v) is 2.17. The molecule has 1 saturated carbocycles. The van der Waals surface area contributed by atoms with E-state index in [9.17, 15) is 13.2 Å². The first kappa shape index (κ1) is 14.1. The summed E-state index contributed by atoms with van der Waals surface area (Å²) in [7, 11) is 2.00. The zero-order valence-corrected chi connectivity index (χ0v) is 10.7. The third kappa shape index (κ3) is 3.84. The third-order valence-electron chi connectivity index (χ3n) is 3.34. The summed E-state index contributed by atoms with van der Waals surface area (Å²) in [5, 5.41) is 0. The highest BCUT2D eigenvalue weighted by atomic mass is 19.4. The van der Waals surface area contributed by atoms with E-state index >= 15 is 0 Å². The van der Waals surface area contributed by atoms with Crippen LogP contribution in [0.5, 0.6) is 5.75 Å². The van der Waals surface area contributed by atoms with Gasteiger partial charge in [-0.05, 0) is 37.6 Å². The highest BCUT2D eigenvalue weighted by Gasteiger charge is 2.32. The van der Waals surface area contributed by atoms with Crippen molar-refractivity contribution in [3.8, 4) is 5.75 Å². The molecule has 1 aliphatic rings. The number of hydrogen-bond acceptors (Lipinski definition) is 3. The van der Waals surface area contributed by atoms with E-state index in [4.69, 9.17) is 5.73 Å². The van der Waals surface area contributed by atoms with Crippen molar-refractivity contribution in [3.63, 3.8) is 0 Å². The lowest BCUT2D eigenvalue weighted by molar-refractivity contribution is -0.274. The third-order valence-corrected chi connectivity index (χ3v) is 3.34. The lowest BCUT2D eigenvalue weighted by Gasteiger charge is -2.27. The van der Waals surface area contributed by atoms with Gasteiger partial charge in [-0.25, -0.2) is 0 Å². The number of ether oxygens (including phenoxy) is 1. The second-order valence-electron chi connectivity index (χ2n) is 4.76. The van der Waals surface area contributed by atoms with Crippen molar-refractivity contribution in [1.82, 2.24) is 4.90 Å². The first-order valence-electron chi connectivity index (χ1n) is 6.18. The number of rotatable bonds is 5. The largest absolute Gasteiger partial charge is 0.573 e. The fraction of sp³-hybridized carbons (Fsp3) is 0.538.